The summed E-state index contributed by atoms with van der Waals surface area (Å²) in [5.41, 5.74) is 3.40. The predicted molar refractivity (Wildman–Crippen MR) is 127 cm³/mol. The molecule has 2 aliphatic carbocycles. The molecule has 11 heteroatoms. The van der Waals surface area contributed by atoms with Gasteiger partial charge in [0.25, 0.3) is 0 Å². The molecule has 0 saturated carbocycles. The number of phenolic OH excluding ortho intramolecular Hbond substituents is 2. The third-order valence-electron chi connectivity index (χ3n) is 7.52. The molecule has 37 heavy (non-hydrogen) atoms. The molecule has 11 nitrogen and oxygen atoms in total. The van der Waals surface area contributed by atoms with Crippen LogP contribution in [0.4, 0.5) is 0 Å². The number of aromatic hydroxyl groups is 2. The second-order valence-corrected chi connectivity index (χ2v) is 9.93. The molecule has 198 valence electrons. The minimum atomic E-state index is -1.76. The SMILES string of the molecule is COc1cccc2c1C(=O)c1c(O)c3c(c(O)c1C2=O)C[C@@](O)(CO)C[C@@H]3OC1CC(N)C(O)C(C)O1. The number of carbonyl (C=O) groups is 2. The van der Waals surface area contributed by atoms with Crippen molar-refractivity contribution in [3.8, 4) is 17.2 Å². The van der Waals surface area contributed by atoms with E-state index in [-0.39, 0.29) is 47.3 Å². The van der Waals surface area contributed by atoms with Gasteiger partial charge in [0.05, 0.1) is 54.3 Å². The number of benzene rings is 2. The summed E-state index contributed by atoms with van der Waals surface area (Å²) in [6, 6.07) is 3.80. The van der Waals surface area contributed by atoms with E-state index in [9.17, 15) is 35.1 Å². The fourth-order valence-electron chi connectivity index (χ4n) is 5.59. The van der Waals surface area contributed by atoms with E-state index in [4.69, 9.17) is 19.9 Å². The highest BCUT2D eigenvalue weighted by atomic mass is 16.7. The summed E-state index contributed by atoms with van der Waals surface area (Å²) < 4.78 is 17.0. The molecule has 5 rings (SSSR count). The van der Waals surface area contributed by atoms with Crippen LogP contribution in [-0.4, -0.2) is 81.0 Å². The zero-order chi connectivity index (χ0) is 26.8. The van der Waals surface area contributed by atoms with E-state index in [1.54, 1.807) is 6.92 Å². The molecule has 0 amide bonds. The van der Waals surface area contributed by atoms with E-state index >= 15 is 0 Å². The first-order valence-corrected chi connectivity index (χ1v) is 12.0. The van der Waals surface area contributed by atoms with Crippen LogP contribution in [0.3, 0.4) is 0 Å². The summed E-state index contributed by atoms with van der Waals surface area (Å²) in [7, 11) is 1.35. The summed E-state index contributed by atoms with van der Waals surface area (Å²) in [4.78, 5) is 27.0. The lowest BCUT2D eigenvalue weighted by Gasteiger charge is -2.42. The number of aliphatic hydroxyl groups is 3. The molecular weight excluding hydrogens is 486 g/mol. The van der Waals surface area contributed by atoms with Crippen molar-refractivity contribution in [2.24, 2.45) is 5.73 Å². The molecule has 0 aromatic heterocycles. The van der Waals surface area contributed by atoms with Gasteiger partial charge in [0.1, 0.15) is 17.2 Å². The van der Waals surface area contributed by atoms with E-state index in [0.717, 1.165) is 0 Å². The van der Waals surface area contributed by atoms with Crippen LogP contribution in [0, 0.1) is 0 Å². The second-order valence-electron chi connectivity index (χ2n) is 9.93. The van der Waals surface area contributed by atoms with Crippen molar-refractivity contribution in [1.29, 1.82) is 0 Å². The van der Waals surface area contributed by atoms with Crippen LogP contribution in [0.1, 0.15) is 68.8 Å². The normalized spacial score (nSPS) is 30.9. The van der Waals surface area contributed by atoms with E-state index in [1.165, 1.54) is 25.3 Å². The van der Waals surface area contributed by atoms with Gasteiger partial charge in [-0.05, 0) is 13.0 Å². The number of aliphatic hydroxyl groups excluding tert-OH is 2. The molecule has 0 bridgehead atoms. The fraction of sp³-hybridized carbons (Fsp3) is 0.462. The first-order valence-electron chi connectivity index (χ1n) is 12.0. The third kappa shape index (κ3) is 3.90. The number of hydrogen-bond acceptors (Lipinski definition) is 11. The average molecular weight is 516 g/mol. The molecule has 1 aliphatic heterocycles. The monoisotopic (exact) mass is 515 g/mol. The Labute approximate surface area is 212 Å². The van der Waals surface area contributed by atoms with Gasteiger partial charge < -0.3 is 45.5 Å². The maximum atomic E-state index is 13.6. The molecule has 0 spiro atoms. The molecule has 7 N–H and O–H groups in total. The predicted octanol–water partition coefficient (Wildman–Crippen LogP) is 0.432. The number of methoxy groups -OCH3 is 1. The Hall–Kier alpha value is -3.06. The molecule has 4 unspecified atom stereocenters. The summed E-state index contributed by atoms with van der Waals surface area (Å²) >= 11 is 0. The van der Waals surface area contributed by atoms with Gasteiger partial charge in [-0.3, -0.25) is 9.59 Å². The number of ketones is 2. The van der Waals surface area contributed by atoms with E-state index in [0.29, 0.717) is 0 Å². The summed E-state index contributed by atoms with van der Waals surface area (Å²) in [6.07, 6.45) is -4.12. The number of rotatable bonds is 4. The Morgan fingerprint density at radius 3 is 2.49 bits per heavy atom. The summed E-state index contributed by atoms with van der Waals surface area (Å²) in [5.74, 6) is -2.43. The van der Waals surface area contributed by atoms with Crippen LogP contribution in [-0.2, 0) is 15.9 Å². The van der Waals surface area contributed by atoms with Gasteiger partial charge >= 0.3 is 0 Å². The lowest BCUT2D eigenvalue weighted by molar-refractivity contribution is -0.248. The van der Waals surface area contributed by atoms with Crippen LogP contribution < -0.4 is 10.5 Å². The molecule has 2 aromatic rings. The Bertz CT molecular complexity index is 1280. The Kier molecular flexibility index (Phi) is 6.26. The first kappa shape index (κ1) is 25.6. The van der Waals surface area contributed by atoms with Crippen molar-refractivity contribution in [2.75, 3.05) is 13.7 Å². The molecule has 0 radical (unpaired) electrons. The van der Waals surface area contributed by atoms with Crippen LogP contribution >= 0.6 is 0 Å². The van der Waals surface area contributed by atoms with Gasteiger partial charge in [-0.1, -0.05) is 12.1 Å². The van der Waals surface area contributed by atoms with Gasteiger partial charge in [-0.15, -0.1) is 0 Å². The number of hydrogen-bond donors (Lipinski definition) is 6. The van der Waals surface area contributed by atoms with Crippen LogP contribution in [0.15, 0.2) is 18.2 Å². The third-order valence-corrected chi connectivity index (χ3v) is 7.52. The molecular formula is C26H29NO10. The molecule has 2 aromatic carbocycles. The van der Waals surface area contributed by atoms with E-state index in [2.05, 4.69) is 0 Å². The topological polar surface area (TPSA) is 189 Å². The smallest absolute Gasteiger partial charge is 0.202 e. The van der Waals surface area contributed by atoms with Crippen LogP contribution in [0.25, 0.3) is 0 Å². The number of nitrogens with two attached hydrogens (primary N) is 1. The first-order chi connectivity index (χ1) is 17.5. The lowest BCUT2D eigenvalue weighted by atomic mass is 9.73. The molecule has 1 heterocycles. The Morgan fingerprint density at radius 2 is 1.84 bits per heavy atom. The standard InChI is InChI=1S/C26H29NO10/c1-10-21(29)13(27)6-16(36-10)37-15-8-26(34,9-28)7-12-18(15)25(33)20-19(23(12)31)22(30)11-4-3-5-14(35-2)17(11)24(20)32/h3-5,10,13,15-16,21,28-29,31,33-34H,6-9,27H2,1-2H3/t10?,13?,15-,16?,21?,26-/m0/s1. The summed E-state index contributed by atoms with van der Waals surface area (Å²) in [6.45, 7) is 0.921. The van der Waals surface area contributed by atoms with Crippen molar-refractivity contribution in [3.63, 3.8) is 0 Å². The van der Waals surface area contributed by atoms with Gasteiger partial charge in [0.15, 0.2) is 12.1 Å². The molecule has 6 atom stereocenters. The quantitative estimate of drug-likeness (QED) is 0.264. The highest BCUT2D eigenvalue weighted by Crippen LogP contribution is 2.52. The molecule has 1 fully saturated rings. The summed E-state index contributed by atoms with van der Waals surface area (Å²) in [5, 5.41) is 53.8. The van der Waals surface area contributed by atoms with Crippen LogP contribution in [0.2, 0.25) is 0 Å². The average Bonchev–Trinajstić information content (AvgIpc) is 2.87. The van der Waals surface area contributed by atoms with Gasteiger partial charge in [0.2, 0.25) is 5.78 Å². The number of fused-ring (bicyclic) bond motifs is 3. The van der Waals surface area contributed by atoms with Crippen molar-refractivity contribution >= 4 is 11.6 Å². The zero-order valence-electron chi connectivity index (χ0n) is 20.3. The van der Waals surface area contributed by atoms with E-state index < -0.39 is 77.0 Å². The Balaban J connectivity index is 1.66. The van der Waals surface area contributed by atoms with Crippen molar-refractivity contribution in [2.45, 2.75) is 62.4 Å². The second kappa shape index (κ2) is 9.05. The fourth-order valence-corrected chi connectivity index (χ4v) is 5.59. The largest absolute Gasteiger partial charge is 0.507 e. The highest BCUT2D eigenvalue weighted by Gasteiger charge is 2.47. The number of carbonyl (C=O) groups excluding carboxylic acids is 2. The van der Waals surface area contributed by atoms with Gasteiger partial charge in [-0.25, -0.2) is 0 Å². The van der Waals surface area contributed by atoms with Crippen LogP contribution in [0.5, 0.6) is 17.2 Å². The van der Waals surface area contributed by atoms with Crippen molar-refractivity contribution < 1.29 is 49.3 Å². The number of ether oxygens (including phenoxy) is 3. The molecule has 1 saturated heterocycles. The van der Waals surface area contributed by atoms with Crippen molar-refractivity contribution in [1.82, 2.24) is 0 Å². The Morgan fingerprint density at radius 1 is 1.14 bits per heavy atom. The van der Waals surface area contributed by atoms with Gasteiger partial charge in [0, 0.05) is 42.0 Å². The molecule has 3 aliphatic rings. The lowest BCUT2D eigenvalue weighted by Crippen LogP contribution is -2.52. The van der Waals surface area contributed by atoms with Crippen molar-refractivity contribution in [3.05, 3.63) is 51.6 Å². The number of phenols is 2. The minimum absolute atomic E-state index is 0.00432. The highest BCUT2D eigenvalue weighted by molar-refractivity contribution is 6.31. The van der Waals surface area contributed by atoms with E-state index in [1.807, 2.05) is 0 Å². The maximum absolute atomic E-state index is 13.6. The maximum Gasteiger partial charge on any atom is 0.202 e. The van der Waals surface area contributed by atoms with Gasteiger partial charge in [-0.2, -0.15) is 0 Å². The minimum Gasteiger partial charge on any atom is -0.507 e. The zero-order valence-corrected chi connectivity index (χ0v) is 20.3.